The van der Waals surface area contributed by atoms with Gasteiger partial charge in [-0.25, -0.2) is 0 Å². The molecule has 2 N–H and O–H groups in total. The molecular weight excluding hydrogens is 560 g/mol. The van der Waals surface area contributed by atoms with Crippen LogP contribution in [0.2, 0.25) is 0 Å². The van der Waals surface area contributed by atoms with Gasteiger partial charge in [0.05, 0.1) is 0 Å². The average Bonchev–Trinajstić information content (AvgIpc) is 2.87. The maximum absolute atomic E-state index is 5.97. The van der Waals surface area contributed by atoms with Gasteiger partial charge in [-0.2, -0.15) is 0 Å². The lowest BCUT2D eigenvalue weighted by Gasteiger charge is -2.27. The summed E-state index contributed by atoms with van der Waals surface area (Å²) in [6, 6.07) is 40.3. The molecule has 5 aromatic carbocycles. The van der Waals surface area contributed by atoms with Gasteiger partial charge < -0.3 is 10.6 Å². The lowest BCUT2D eigenvalue weighted by Crippen LogP contribution is -2.10. The Balaban J connectivity index is 1.72. The predicted molar refractivity (Wildman–Crippen MR) is 157 cm³/mol. The summed E-state index contributed by atoms with van der Waals surface area (Å²) in [5.74, 6) is 0. The van der Waals surface area contributed by atoms with E-state index < -0.39 is 0 Å². The maximum Gasteiger partial charge on any atom is 0.0468 e. The summed E-state index contributed by atoms with van der Waals surface area (Å²) < 4.78 is 2.10. The second-order valence-electron chi connectivity index (χ2n) is 8.51. The number of rotatable bonds is 5. The number of benzene rings is 5. The van der Waals surface area contributed by atoms with Gasteiger partial charge in [0, 0.05) is 31.7 Å². The molecule has 0 aliphatic carbocycles. The second-order valence-corrected chi connectivity index (χ2v) is 10.3. The summed E-state index contributed by atoms with van der Waals surface area (Å²) in [6.07, 6.45) is 0. The molecule has 0 atom stereocenters. The number of nitrogen functional groups attached to an aromatic ring is 1. The molecule has 0 aromatic heterocycles. The van der Waals surface area contributed by atoms with E-state index in [1.165, 1.54) is 22.3 Å². The Morgan fingerprint density at radius 3 is 1.69 bits per heavy atom. The largest absolute Gasteiger partial charge is 0.399 e. The van der Waals surface area contributed by atoms with Crippen LogP contribution >= 0.6 is 31.9 Å². The van der Waals surface area contributed by atoms with E-state index in [1.807, 2.05) is 12.1 Å². The van der Waals surface area contributed by atoms with Gasteiger partial charge in [0.2, 0.25) is 0 Å². The first-order valence-electron chi connectivity index (χ1n) is 11.4. The maximum atomic E-state index is 5.97. The summed E-state index contributed by atoms with van der Waals surface area (Å²) in [7, 11) is 0. The van der Waals surface area contributed by atoms with Crippen LogP contribution in [0.15, 0.2) is 124 Å². The zero-order valence-electron chi connectivity index (χ0n) is 19.3. The van der Waals surface area contributed by atoms with Crippen LogP contribution in [0.5, 0.6) is 0 Å². The second kappa shape index (κ2) is 10.1. The lowest BCUT2D eigenvalue weighted by atomic mass is 9.93. The van der Waals surface area contributed by atoms with Gasteiger partial charge >= 0.3 is 0 Å². The normalized spacial score (nSPS) is 10.8. The molecule has 35 heavy (non-hydrogen) atoms. The van der Waals surface area contributed by atoms with Crippen LogP contribution in [-0.4, -0.2) is 0 Å². The Morgan fingerprint density at radius 1 is 0.543 bits per heavy atom. The first kappa shape index (κ1) is 23.4. The van der Waals surface area contributed by atoms with Crippen molar-refractivity contribution in [1.82, 2.24) is 0 Å². The molecule has 0 unspecified atom stereocenters. The number of nitrogens with two attached hydrogens (primary N) is 1. The predicted octanol–water partition coefficient (Wildman–Crippen LogP) is 9.91. The van der Waals surface area contributed by atoms with Crippen molar-refractivity contribution in [3.8, 4) is 22.3 Å². The van der Waals surface area contributed by atoms with Crippen molar-refractivity contribution in [2.45, 2.75) is 6.92 Å². The molecule has 0 radical (unpaired) electrons. The summed E-state index contributed by atoms with van der Waals surface area (Å²) in [6.45, 7) is 2.13. The number of hydrogen-bond donors (Lipinski definition) is 1. The summed E-state index contributed by atoms with van der Waals surface area (Å²) >= 11 is 7.14. The van der Waals surface area contributed by atoms with E-state index in [1.54, 1.807) is 0 Å². The highest BCUT2D eigenvalue weighted by atomic mass is 79.9. The molecule has 0 aliphatic rings. The van der Waals surface area contributed by atoms with Crippen LogP contribution in [0.25, 0.3) is 22.3 Å². The summed E-state index contributed by atoms with van der Waals surface area (Å²) in [5, 5.41) is 0. The summed E-state index contributed by atoms with van der Waals surface area (Å²) in [4.78, 5) is 2.28. The molecule has 4 heteroatoms. The third kappa shape index (κ3) is 5.19. The molecule has 0 bridgehead atoms. The van der Waals surface area contributed by atoms with Crippen molar-refractivity contribution in [3.63, 3.8) is 0 Å². The average molecular weight is 584 g/mol. The third-order valence-corrected chi connectivity index (χ3v) is 7.04. The molecule has 0 aliphatic heterocycles. The van der Waals surface area contributed by atoms with Crippen molar-refractivity contribution in [3.05, 3.63) is 130 Å². The third-order valence-electron chi connectivity index (χ3n) is 5.98. The van der Waals surface area contributed by atoms with Crippen LogP contribution in [-0.2, 0) is 0 Å². The first-order valence-corrected chi connectivity index (χ1v) is 12.9. The zero-order chi connectivity index (χ0) is 24.4. The summed E-state index contributed by atoms with van der Waals surface area (Å²) in [5.41, 5.74) is 15.9. The Bertz CT molecular complexity index is 1410. The number of aryl methyl sites for hydroxylation is 1. The highest BCUT2D eigenvalue weighted by Gasteiger charge is 2.16. The topological polar surface area (TPSA) is 29.3 Å². The number of hydrogen-bond acceptors (Lipinski definition) is 2. The number of anilines is 4. The highest BCUT2D eigenvalue weighted by Crippen LogP contribution is 2.41. The highest BCUT2D eigenvalue weighted by molar-refractivity contribution is 9.10. The number of halogens is 2. The van der Waals surface area contributed by atoms with E-state index in [2.05, 4.69) is 147 Å². The van der Waals surface area contributed by atoms with Gasteiger partial charge in [-0.1, -0.05) is 79.9 Å². The minimum atomic E-state index is 0.763. The van der Waals surface area contributed by atoms with E-state index in [0.717, 1.165) is 37.3 Å². The van der Waals surface area contributed by atoms with E-state index in [9.17, 15) is 0 Å². The molecule has 5 rings (SSSR count). The van der Waals surface area contributed by atoms with Crippen LogP contribution in [0.1, 0.15) is 5.56 Å². The van der Waals surface area contributed by atoms with Crippen molar-refractivity contribution in [1.29, 1.82) is 0 Å². The minimum Gasteiger partial charge on any atom is -0.399 e. The first-order chi connectivity index (χ1) is 17.0. The van der Waals surface area contributed by atoms with Crippen LogP contribution in [0.3, 0.4) is 0 Å². The van der Waals surface area contributed by atoms with Gasteiger partial charge in [-0.3, -0.25) is 0 Å². The molecule has 0 saturated carbocycles. The molecule has 0 saturated heterocycles. The van der Waals surface area contributed by atoms with Gasteiger partial charge in [0.25, 0.3) is 0 Å². The van der Waals surface area contributed by atoms with Crippen molar-refractivity contribution >= 4 is 54.6 Å². The molecule has 5 aromatic rings. The van der Waals surface area contributed by atoms with Crippen LogP contribution in [0, 0.1) is 6.92 Å². The Morgan fingerprint density at radius 2 is 1.11 bits per heavy atom. The van der Waals surface area contributed by atoms with Gasteiger partial charge in [0.15, 0.2) is 0 Å². The molecule has 2 nitrogen and oxygen atoms in total. The van der Waals surface area contributed by atoms with E-state index >= 15 is 0 Å². The van der Waals surface area contributed by atoms with Crippen LogP contribution < -0.4 is 10.6 Å². The Hall–Kier alpha value is -3.34. The Labute approximate surface area is 223 Å². The monoisotopic (exact) mass is 582 g/mol. The van der Waals surface area contributed by atoms with Crippen molar-refractivity contribution in [2.24, 2.45) is 0 Å². The minimum absolute atomic E-state index is 0.763. The van der Waals surface area contributed by atoms with Crippen LogP contribution in [0.4, 0.5) is 22.7 Å². The molecular formula is C31H24Br2N2. The SMILES string of the molecule is Cc1cccc(-c2cc(N(c3ccc(Br)cc3)c3ccc(Br)cc3)ccc2-c2ccc(N)cc2)c1. The fourth-order valence-electron chi connectivity index (χ4n) is 4.26. The lowest BCUT2D eigenvalue weighted by molar-refractivity contribution is 1.28. The van der Waals surface area contributed by atoms with Gasteiger partial charge in [0.1, 0.15) is 0 Å². The van der Waals surface area contributed by atoms with E-state index in [4.69, 9.17) is 5.73 Å². The van der Waals surface area contributed by atoms with Crippen molar-refractivity contribution < 1.29 is 0 Å². The Kier molecular flexibility index (Phi) is 6.76. The smallest absolute Gasteiger partial charge is 0.0468 e. The van der Waals surface area contributed by atoms with Gasteiger partial charge in [-0.05, 0) is 102 Å². The zero-order valence-corrected chi connectivity index (χ0v) is 22.4. The number of nitrogens with zero attached hydrogens (tertiary/aromatic N) is 1. The molecule has 0 spiro atoms. The molecule has 0 fully saturated rings. The quantitative estimate of drug-likeness (QED) is 0.209. The fraction of sp³-hybridized carbons (Fsp3) is 0.0323. The van der Waals surface area contributed by atoms with Crippen molar-refractivity contribution in [2.75, 3.05) is 10.6 Å². The van der Waals surface area contributed by atoms with E-state index in [0.29, 0.717) is 0 Å². The fourth-order valence-corrected chi connectivity index (χ4v) is 4.79. The molecule has 172 valence electrons. The van der Waals surface area contributed by atoms with Gasteiger partial charge in [-0.15, -0.1) is 0 Å². The molecule has 0 amide bonds. The standard InChI is InChI=1S/C31H24Br2N2/c1-21-3-2-4-23(19-21)31-20-29(17-18-30(31)22-5-11-26(34)12-6-22)35(27-13-7-24(32)8-14-27)28-15-9-25(33)10-16-28/h2-20H,34H2,1H3. The molecule has 0 heterocycles. The van der Waals surface area contributed by atoms with E-state index in [-0.39, 0.29) is 0 Å².